The van der Waals surface area contributed by atoms with E-state index in [1.807, 2.05) is 43.3 Å². The van der Waals surface area contributed by atoms with Gasteiger partial charge in [0.2, 0.25) is 5.95 Å². The van der Waals surface area contributed by atoms with Crippen LogP contribution in [0.5, 0.6) is 0 Å². The molecule has 0 aliphatic carbocycles. The Bertz CT molecular complexity index is 868. The fourth-order valence-corrected chi connectivity index (χ4v) is 4.94. The van der Waals surface area contributed by atoms with Gasteiger partial charge in [-0.25, -0.2) is 13.4 Å². The molecule has 2 aromatic rings. The summed E-state index contributed by atoms with van der Waals surface area (Å²) in [4.78, 5) is 11.3. The molecule has 3 rings (SSSR count). The molecule has 1 unspecified atom stereocenters. The highest BCUT2D eigenvalue weighted by molar-refractivity contribution is 7.91. The van der Waals surface area contributed by atoms with Gasteiger partial charge < -0.3 is 10.2 Å². The fraction of sp³-hybridized carbons (Fsp3) is 0.368. The van der Waals surface area contributed by atoms with Crippen molar-refractivity contribution in [1.29, 1.82) is 0 Å². The zero-order valence-corrected chi connectivity index (χ0v) is 15.7. The van der Waals surface area contributed by atoms with E-state index in [1.165, 1.54) is 0 Å². The third-order valence-corrected chi connectivity index (χ3v) is 6.22. The van der Waals surface area contributed by atoms with Crippen molar-refractivity contribution < 1.29 is 8.42 Å². The molecule has 1 saturated heterocycles. The number of benzene rings is 1. The molecule has 26 heavy (non-hydrogen) atoms. The van der Waals surface area contributed by atoms with E-state index < -0.39 is 9.84 Å². The number of aromatic nitrogens is 2. The van der Waals surface area contributed by atoms with E-state index in [0.717, 1.165) is 17.1 Å². The van der Waals surface area contributed by atoms with Gasteiger partial charge in [-0.1, -0.05) is 36.4 Å². The molecule has 138 valence electrons. The van der Waals surface area contributed by atoms with Gasteiger partial charge in [0.25, 0.3) is 0 Å². The van der Waals surface area contributed by atoms with Gasteiger partial charge in [0.15, 0.2) is 9.84 Å². The van der Waals surface area contributed by atoms with Crippen LogP contribution in [0.4, 0.5) is 11.8 Å². The van der Waals surface area contributed by atoms with Gasteiger partial charge in [-0.15, -0.1) is 6.58 Å². The van der Waals surface area contributed by atoms with Gasteiger partial charge in [0, 0.05) is 30.8 Å². The van der Waals surface area contributed by atoms with E-state index in [9.17, 15) is 8.42 Å². The van der Waals surface area contributed by atoms with E-state index in [2.05, 4.69) is 26.8 Å². The van der Waals surface area contributed by atoms with Crippen LogP contribution in [-0.4, -0.2) is 49.0 Å². The molecule has 6 nitrogen and oxygen atoms in total. The second-order valence-electron chi connectivity index (χ2n) is 6.31. The van der Waals surface area contributed by atoms with Crippen LogP contribution < -0.4 is 10.2 Å². The van der Waals surface area contributed by atoms with Crippen LogP contribution in [0.2, 0.25) is 0 Å². The lowest BCUT2D eigenvalue weighted by atomic mass is 10.1. The van der Waals surface area contributed by atoms with E-state index >= 15 is 0 Å². The fourth-order valence-electron chi connectivity index (χ4n) is 3.21. The summed E-state index contributed by atoms with van der Waals surface area (Å²) in [5.41, 5.74) is 1.80. The molecule has 1 aliphatic heterocycles. The number of rotatable bonds is 7. The maximum atomic E-state index is 11.9. The van der Waals surface area contributed by atoms with E-state index in [1.54, 1.807) is 6.08 Å². The second-order valence-corrected chi connectivity index (χ2v) is 8.54. The molecule has 1 atom stereocenters. The Morgan fingerprint density at radius 1 is 1.31 bits per heavy atom. The number of hydrogen-bond donors (Lipinski definition) is 1. The Hall–Kier alpha value is -2.41. The van der Waals surface area contributed by atoms with E-state index in [0.29, 0.717) is 25.5 Å². The zero-order chi connectivity index (χ0) is 18.6. The zero-order valence-electron chi connectivity index (χ0n) is 14.9. The first-order valence-electron chi connectivity index (χ1n) is 8.78. The van der Waals surface area contributed by atoms with Crippen molar-refractivity contribution in [2.24, 2.45) is 0 Å². The lowest BCUT2D eigenvalue weighted by molar-refractivity contribution is 0.599. The Morgan fingerprint density at radius 3 is 2.69 bits per heavy atom. The topological polar surface area (TPSA) is 75.2 Å². The Morgan fingerprint density at radius 2 is 2.08 bits per heavy atom. The van der Waals surface area contributed by atoms with Crippen molar-refractivity contribution in [2.75, 3.05) is 34.8 Å². The molecule has 0 amide bonds. The predicted octanol–water partition coefficient (Wildman–Crippen LogP) is 2.75. The smallest absolute Gasteiger partial charge is 0.225 e. The average Bonchev–Trinajstić information content (AvgIpc) is 3.01. The number of anilines is 2. The van der Waals surface area contributed by atoms with Gasteiger partial charge in [-0.2, -0.15) is 4.98 Å². The van der Waals surface area contributed by atoms with Crippen molar-refractivity contribution in [2.45, 2.75) is 19.4 Å². The molecule has 1 fully saturated rings. The van der Waals surface area contributed by atoms with E-state index in [4.69, 9.17) is 0 Å². The third-order valence-electron chi connectivity index (χ3n) is 4.47. The first kappa shape index (κ1) is 18.4. The molecule has 1 aromatic heterocycles. The highest BCUT2D eigenvalue weighted by Crippen LogP contribution is 2.27. The van der Waals surface area contributed by atoms with Crippen LogP contribution >= 0.6 is 0 Å². The molecule has 0 saturated carbocycles. The summed E-state index contributed by atoms with van der Waals surface area (Å²) in [5.74, 6) is 1.68. The normalized spacial score (nSPS) is 18.4. The van der Waals surface area contributed by atoms with Crippen molar-refractivity contribution in [1.82, 2.24) is 9.97 Å². The van der Waals surface area contributed by atoms with Crippen LogP contribution in [0.3, 0.4) is 0 Å². The van der Waals surface area contributed by atoms with Gasteiger partial charge in [-0.05, 0) is 13.3 Å². The second kappa shape index (κ2) is 7.86. The minimum absolute atomic E-state index is 0.0456. The Balaban J connectivity index is 2.00. The third kappa shape index (κ3) is 4.22. The SMILES string of the molecule is C=CCNc1nc(-c2ccccc2)cc(N(CC)C2CCS(=O)(=O)C2)n1. The van der Waals surface area contributed by atoms with Crippen molar-refractivity contribution in [3.8, 4) is 11.3 Å². The predicted molar refractivity (Wildman–Crippen MR) is 106 cm³/mol. The molecular weight excluding hydrogens is 348 g/mol. The summed E-state index contributed by atoms with van der Waals surface area (Å²) in [6, 6.07) is 11.8. The maximum Gasteiger partial charge on any atom is 0.225 e. The van der Waals surface area contributed by atoms with Gasteiger partial charge in [0.1, 0.15) is 5.82 Å². The van der Waals surface area contributed by atoms with Crippen molar-refractivity contribution in [3.63, 3.8) is 0 Å². The first-order chi connectivity index (χ1) is 12.5. The maximum absolute atomic E-state index is 11.9. The van der Waals surface area contributed by atoms with Crippen LogP contribution in [0.15, 0.2) is 49.1 Å². The van der Waals surface area contributed by atoms with Gasteiger partial charge >= 0.3 is 0 Å². The summed E-state index contributed by atoms with van der Waals surface area (Å²) in [5, 5.41) is 3.15. The average molecular weight is 372 g/mol. The molecule has 0 spiro atoms. The highest BCUT2D eigenvalue weighted by Gasteiger charge is 2.32. The van der Waals surface area contributed by atoms with Crippen LogP contribution in [0.25, 0.3) is 11.3 Å². The largest absolute Gasteiger partial charge is 0.353 e. The molecule has 1 aliphatic rings. The standard InChI is InChI=1S/C19H24N4O2S/c1-3-11-20-19-21-17(15-8-6-5-7-9-15)13-18(22-19)23(4-2)16-10-12-26(24,25)14-16/h3,5-9,13,16H,1,4,10-12,14H2,2H3,(H,20,21,22). The minimum atomic E-state index is -2.96. The summed E-state index contributed by atoms with van der Waals surface area (Å²) in [6.45, 7) is 6.98. The molecule has 0 bridgehead atoms. The van der Waals surface area contributed by atoms with Crippen LogP contribution in [0.1, 0.15) is 13.3 Å². The minimum Gasteiger partial charge on any atom is -0.353 e. The molecule has 1 N–H and O–H groups in total. The summed E-state index contributed by atoms with van der Waals surface area (Å²) >= 11 is 0. The van der Waals surface area contributed by atoms with Gasteiger partial charge in [0.05, 0.1) is 17.2 Å². The highest BCUT2D eigenvalue weighted by atomic mass is 32.2. The van der Waals surface area contributed by atoms with Crippen LogP contribution in [0, 0.1) is 0 Å². The molecular formula is C19H24N4O2S. The number of sulfone groups is 1. The van der Waals surface area contributed by atoms with Crippen molar-refractivity contribution >= 4 is 21.6 Å². The quantitative estimate of drug-likeness (QED) is 0.753. The molecule has 0 radical (unpaired) electrons. The summed E-state index contributed by atoms with van der Waals surface area (Å²) in [6.07, 6.45) is 2.38. The number of nitrogens with one attached hydrogen (secondary N) is 1. The molecule has 1 aromatic carbocycles. The Labute approximate surface area is 154 Å². The number of hydrogen-bond acceptors (Lipinski definition) is 6. The van der Waals surface area contributed by atoms with Gasteiger partial charge in [-0.3, -0.25) is 0 Å². The summed E-state index contributed by atoms with van der Waals surface area (Å²) in [7, 11) is -2.96. The Kier molecular flexibility index (Phi) is 5.56. The monoisotopic (exact) mass is 372 g/mol. The van der Waals surface area contributed by atoms with E-state index in [-0.39, 0.29) is 17.5 Å². The molecule has 7 heteroatoms. The molecule has 2 heterocycles. The number of nitrogens with zero attached hydrogens (tertiary/aromatic N) is 3. The first-order valence-corrected chi connectivity index (χ1v) is 10.6. The summed E-state index contributed by atoms with van der Waals surface area (Å²) < 4.78 is 23.8. The van der Waals surface area contributed by atoms with Crippen LogP contribution in [-0.2, 0) is 9.84 Å². The van der Waals surface area contributed by atoms with Crippen molar-refractivity contribution in [3.05, 3.63) is 49.1 Å². The lowest BCUT2D eigenvalue weighted by Crippen LogP contribution is -2.37. The lowest BCUT2D eigenvalue weighted by Gasteiger charge is -2.28.